The first kappa shape index (κ1) is 11.7. The lowest BCUT2D eigenvalue weighted by Crippen LogP contribution is -2.40. The maximum absolute atomic E-state index is 12.6. The summed E-state index contributed by atoms with van der Waals surface area (Å²) in [5.74, 6) is 0.358. The van der Waals surface area contributed by atoms with Gasteiger partial charge in [-0.1, -0.05) is 6.42 Å². The predicted molar refractivity (Wildman–Crippen MR) is 70.2 cm³/mol. The molecule has 2 atom stereocenters. The highest BCUT2D eigenvalue weighted by molar-refractivity contribution is 5.96. The lowest BCUT2D eigenvalue weighted by molar-refractivity contribution is -0.123. The van der Waals surface area contributed by atoms with Crippen LogP contribution in [0.1, 0.15) is 31.2 Å². The van der Waals surface area contributed by atoms with E-state index in [-0.39, 0.29) is 17.9 Å². The van der Waals surface area contributed by atoms with Gasteiger partial charge in [0.25, 0.3) is 0 Å². The van der Waals surface area contributed by atoms with E-state index in [1.54, 1.807) is 6.20 Å². The molecule has 1 aliphatic carbocycles. The zero-order chi connectivity index (χ0) is 12.5. The highest BCUT2D eigenvalue weighted by atomic mass is 16.2. The van der Waals surface area contributed by atoms with Gasteiger partial charge in [0, 0.05) is 24.7 Å². The van der Waals surface area contributed by atoms with Crippen molar-refractivity contribution >= 4 is 11.6 Å². The molecule has 1 aromatic heterocycles. The summed E-state index contributed by atoms with van der Waals surface area (Å²) in [7, 11) is 0. The first-order chi connectivity index (χ1) is 8.75. The maximum atomic E-state index is 12.6. The molecule has 0 saturated heterocycles. The number of carbonyl (C=O) groups is 1. The normalized spacial score (nSPS) is 27.1. The number of nitrogens with zero attached hydrogens (tertiary/aromatic N) is 2. The van der Waals surface area contributed by atoms with Crippen molar-refractivity contribution in [1.82, 2.24) is 4.98 Å². The van der Waals surface area contributed by atoms with Crippen LogP contribution in [-0.4, -0.2) is 23.5 Å². The average molecular weight is 245 g/mol. The topological polar surface area (TPSA) is 59.2 Å². The van der Waals surface area contributed by atoms with Gasteiger partial charge in [0.2, 0.25) is 5.91 Å². The number of rotatable bonds is 1. The summed E-state index contributed by atoms with van der Waals surface area (Å²) >= 11 is 0. The fraction of sp³-hybridized carbons (Fsp3) is 0.571. The summed E-state index contributed by atoms with van der Waals surface area (Å²) in [4.78, 5) is 18.6. The van der Waals surface area contributed by atoms with Gasteiger partial charge in [-0.15, -0.1) is 0 Å². The van der Waals surface area contributed by atoms with Gasteiger partial charge in [-0.25, -0.2) is 0 Å². The number of amides is 1. The van der Waals surface area contributed by atoms with Gasteiger partial charge in [-0.2, -0.15) is 0 Å². The van der Waals surface area contributed by atoms with Crippen molar-refractivity contribution in [2.24, 2.45) is 11.7 Å². The molecule has 2 unspecified atom stereocenters. The zero-order valence-electron chi connectivity index (χ0n) is 10.5. The largest absolute Gasteiger partial charge is 0.328 e. The number of nitrogens with two attached hydrogens (primary N) is 1. The van der Waals surface area contributed by atoms with E-state index in [2.05, 4.69) is 4.98 Å². The monoisotopic (exact) mass is 245 g/mol. The number of hydrogen-bond donors (Lipinski definition) is 1. The summed E-state index contributed by atoms with van der Waals surface area (Å²) in [5, 5.41) is 0. The van der Waals surface area contributed by atoms with E-state index in [1.807, 2.05) is 17.2 Å². The first-order valence-corrected chi connectivity index (χ1v) is 6.75. The second-order valence-corrected chi connectivity index (χ2v) is 5.37. The van der Waals surface area contributed by atoms with Gasteiger partial charge >= 0.3 is 0 Å². The highest BCUT2D eigenvalue weighted by Gasteiger charge is 2.32. The standard InChI is InChI=1S/C14H19N3O/c15-12-3-1-2-11(8-12)14(18)17-7-5-10-4-6-16-9-13(10)17/h4,6,9,11-12H,1-3,5,7-8,15H2. The van der Waals surface area contributed by atoms with Gasteiger partial charge in [0.1, 0.15) is 0 Å². The Morgan fingerprint density at radius 1 is 1.44 bits per heavy atom. The van der Waals surface area contributed by atoms with Crippen LogP contribution < -0.4 is 10.6 Å². The SMILES string of the molecule is NC1CCCC(C(=O)N2CCc3ccncc32)C1. The van der Waals surface area contributed by atoms with Crippen molar-refractivity contribution in [3.05, 3.63) is 24.0 Å². The Morgan fingerprint density at radius 3 is 3.17 bits per heavy atom. The van der Waals surface area contributed by atoms with Crippen LogP contribution in [0.25, 0.3) is 0 Å². The van der Waals surface area contributed by atoms with Crippen LogP contribution in [-0.2, 0) is 11.2 Å². The molecular formula is C14H19N3O. The summed E-state index contributed by atoms with van der Waals surface area (Å²) < 4.78 is 0. The Balaban J connectivity index is 1.78. The molecule has 0 radical (unpaired) electrons. The van der Waals surface area contributed by atoms with Gasteiger partial charge < -0.3 is 10.6 Å². The molecule has 1 aromatic rings. The van der Waals surface area contributed by atoms with Gasteiger partial charge in [-0.05, 0) is 37.3 Å². The van der Waals surface area contributed by atoms with Crippen LogP contribution >= 0.6 is 0 Å². The second-order valence-electron chi connectivity index (χ2n) is 5.37. The van der Waals surface area contributed by atoms with E-state index in [1.165, 1.54) is 5.56 Å². The summed E-state index contributed by atoms with van der Waals surface area (Å²) in [5.41, 5.74) is 8.21. The number of fused-ring (bicyclic) bond motifs is 1. The van der Waals surface area contributed by atoms with Gasteiger partial charge in [-0.3, -0.25) is 9.78 Å². The van der Waals surface area contributed by atoms with Crippen LogP contribution in [0, 0.1) is 5.92 Å². The van der Waals surface area contributed by atoms with Gasteiger partial charge in [0.15, 0.2) is 0 Å². The summed E-state index contributed by atoms with van der Waals surface area (Å²) in [6, 6.07) is 2.21. The molecule has 4 nitrogen and oxygen atoms in total. The lowest BCUT2D eigenvalue weighted by Gasteiger charge is -2.29. The Kier molecular flexibility index (Phi) is 3.04. The molecule has 0 bridgehead atoms. The molecule has 2 heterocycles. The predicted octanol–water partition coefficient (Wildman–Crippen LogP) is 1.49. The third kappa shape index (κ3) is 2.01. The van der Waals surface area contributed by atoms with E-state index >= 15 is 0 Å². The third-order valence-corrected chi connectivity index (χ3v) is 4.11. The maximum Gasteiger partial charge on any atom is 0.230 e. The fourth-order valence-electron chi connectivity index (χ4n) is 3.12. The van der Waals surface area contributed by atoms with Crippen molar-refractivity contribution in [3.8, 4) is 0 Å². The molecule has 18 heavy (non-hydrogen) atoms. The summed E-state index contributed by atoms with van der Waals surface area (Å²) in [6.07, 6.45) is 8.51. The van der Waals surface area contributed by atoms with Gasteiger partial charge in [0.05, 0.1) is 11.9 Å². The lowest BCUT2D eigenvalue weighted by atomic mass is 9.85. The number of anilines is 1. The van der Waals surface area contributed by atoms with Crippen molar-refractivity contribution in [1.29, 1.82) is 0 Å². The molecule has 2 aliphatic rings. The molecular weight excluding hydrogens is 226 g/mol. The molecule has 3 rings (SSSR count). The number of pyridine rings is 1. The first-order valence-electron chi connectivity index (χ1n) is 6.75. The Labute approximate surface area is 107 Å². The van der Waals surface area contributed by atoms with E-state index in [9.17, 15) is 4.79 Å². The van der Waals surface area contributed by atoms with E-state index in [4.69, 9.17) is 5.73 Å². The molecule has 1 fully saturated rings. The molecule has 4 heteroatoms. The molecule has 1 aliphatic heterocycles. The van der Waals surface area contributed by atoms with Crippen molar-refractivity contribution in [3.63, 3.8) is 0 Å². The van der Waals surface area contributed by atoms with Crippen molar-refractivity contribution in [2.75, 3.05) is 11.4 Å². The van der Waals surface area contributed by atoms with E-state index in [0.29, 0.717) is 0 Å². The second kappa shape index (κ2) is 4.69. The number of aromatic nitrogens is 1. The Morgan fingerprint density at radius 2 is 2.33 bits per heavy atom. The minimum absolute atomic E-state index is 0.111. The molecule has 2 N–H and O–H groups in total. The van der Waals surface area contributed by atoms with Crippen LogP contribution in [0.5, 0.6) is 0 Å². The third-order valence-electron chi connectivity index (χ3n) is 4.11. The Hall–Kier alpha value is -1.42. The Bertz CT molecular complexity index is 460. The highest BCUT2D eigenvalue weighted by Crippen LogP contribution is 2.31. The molecule has 0 spiro atoms. The van der Waals surface area contributed by atoms with Crippen molar-refractivity contribution in [2.45, 2.75) is 38.1 Å². The molecule has 0 aromatic carbocycles. The van der Waals surface area contributed by atoms with Crippen LogP contribution in [0.2, 0.25) is 0 Å². The van der Waals surface area contributed by atoms with Crippen LogP contribution in [0.3, 0.4) is 0 Å². The number of hydrogen-bond acceptors (Lipinski definition) is 3. The van der Waals surface area contributed by atoms with E-state index in [0.717, 1.165) is 44.3 Å². The van der Waals surface area contributed by atoms with Crippen LogP contribution in [0.4, 0.5) is 5.69 Å². The number of carbonyl (C=O) groups excluding carboxylic acids is 1. The molecule has 1 saturated carbocycles. The minimum Gasteiger partial charge on any atom is -0.328 e. The van der Waals surface area contributed by atoms with E-state index < -0.39 is 0 Å². The van der Waals surface area contributed by atoms with Crippen molar-refractivity contribution < 1.29 is 4.79 Å². The quantitative estimate of drug-likeness (QED) is 0.815. The smallest absolute Gasteiger partial charge is 0.230 e. The fourth-order valence-corrected chi connectivity index (χ4v) is 3.12. The van der Waals surface area contributed by atoms with Crippen LogP contribution in [0.15, 0.2) is 18.5 Å². The minimum atomic E-state index is 0.111. The summed E-state index contributed by atoms with van der Waals surface area (Å²) in [6.45, 7) is 0.797. The zero-order valence-corrected chi connectivity index (χ0v) is 10.5. The average Bonchev–Trinajstić information content (AvgIpc) is 2.82. The molecule has 1 amide bonds. The molecule has 96 valence electrons.